The zero-order valence-corrected chi connectivity index (χ0v) is 19.6. The van der Waals surface area contributed by atoms with Crippen LogP contribution in [0.5, 0.6) is 0 Å². The van der Waals surface area contributed by atoms with E-state index in [2.05, 4.69) is 5.32 Å². The van der Waals surface area contributed by atoms with Gasteiger partial charge in [0.15, 0.2) is 5.76 Å². The van der Waals surface area contributed by atoms with E-state index in [-0.39, 0.29) is 23.7 Å². The highest BCUT2D eigenvalue weighted by Crippen LogP contribution is 2.19. The summed E-state index contributed by atoms with van der Waals surface area (Å²) in [4.78, 5) is 27.3. The van der Waals surface area contributed by atoms with E-state index >= 15 is 0 Å². The summed E-state index contributed by atoms with van der Waals surface area (Å²) in [6.07, 6.45) is 8.35. The summed E-state index contributed by atoms with van der Waals surface area (Å²) < 4.78 is 21.1. The van der Waals surface area contributed by atoms with Gasteiger partial charge in [-0.3, -0.25) is 9.59 Å². The second-order valence-corrected chi connectivity index (χ2v) is 8.94. The van der Waals surface area contributed by atoms with Gasteiger partial charge in [0.05, 0.1) is 13.1 Å². The van der Waals surface area contributed by atoms with Crippen molar-refractivity contribution >= 4 is 11.8 Å². The standard InChI is InChI=1S/C27H32FN3O3/c1-2-16-31(27(33)20-10-12-21(28)13-11-20)18-23-9-6-17-30(23)19-24-14-15-25(34-24)26(32)29-22-7-4-3-5-8-22/h6,9-15,17,22H,2-5,7-8,16,18-19H2,1H3,(H,29,32). The fraction of sp³-hybridized carbons (Fsp3) is 0.407. The number of benzene rings is 1. The van der Waals surface area contributed by atoms with Gasteiger partial charge in [-0.05, 0) is 67.8 Å². The lowest BCUT2D eigenvalue weighted by molar-refractivity contribution is 0.0739. The number of hydrogen-bond donors (Lipinski definition) is 1. The largest absolute Gasteiger partial charge is 0.454 e. The van der Waals surface area contributed by atoms with Crippen molar-refractivity contribution in [3.63, 3.8) is 0 Å². The predicted molar refractivity (Wildman–Crippen MR) is 128 cm³/mol. The van der Waals surface area contributed by atoms with Crippen LogP contribution in [0.3, 0.4) is 0 Å². The Morgan fingerprint density at radius 3 is 2.59 bits per heavy atom. The lowest BCUT2D eigenvalue weighted by atomic mass is 9.95. The molecule has 1 fully saturated rings. The SMILES string of the molecule is CCCN(Cc1cccn1Cc1ccc(C(=O)NC2CCCCC2)o1)C(=O)c1ccc(F)cc1. The Hall–Kier alpha value is -3.35. The van der Waals surface area contributed by atoms with Gasteiger partial charge < -0.3 is 19.2 Å². The molecule has 1 N–H and O–H groups in total. The van der Waals surface area contributed by atoms with E-state index in [1.165, 1.54) is 30.7 Å². The third kappa shape index (κ3) is 5.95. The minimum Gasteiger partial charge on any atom is -0.454 e. The van der Waals surface area contributed by atoms with E-state index in [4.69, 9.17) is 4.42 Å². The third-order valence-electron chi connectivity index (χ3n) is 6.30. The molecule has 0 aliphatic heterocycles. The second kappa shape index (κ2) is 11.2. The van der Waals surface area contributed by atoms with Crippen LogP contribution < -0.4 is 5.32 Å². The molecule has 1 aliphatic rings. The Balaban J connectivity index is 1.41. The van der Waals surface area contributed by atoms with Crippen LogP contribution in [-0.2, 0) is 13.1 Å². The van der Waals surface area contributed by atoms with E-state index in [0.29, 0.717) is 36.7 Å². The second-order valence-electron chi connectivity index (χ2n) is 8.94. The maximum absolute atomic E-state index is 13.3. The van der Waals surface area contributed by atoms with Crippen molar-refractivity contribution in [2.24, 2.45) is 0 Å². The number of carbonyl (C=O) groups is 2. The molecule has 1 aliphatic carbocycles. The maximum Gasteiger partial charge on any atom is 0.287 e. The van der Waals surface area contributed by atoms with Crippen LogP contribution in [0.1, 0.15) is 77.8 Å². The van der Waals surface area contributed by atoms with Gasteiger partial charge in [0.1, 0.15) is 11.6 Å². The van der Waals surface area contributed by atoms with Crippen molar-refractivity contribution in [1.82, 2.24) is 14.8 Å². The fourth-order valence-corrected chi connectivity index (χ4v) is 4.50. The van der Waals surface area contributed by atoms with Crippen LogP contribution in [0.15, 0.2) is 59.1 Å². The smallest absolute Gasteiger partial charge is 0.287 e. The monoisotopic (exact) mass is 465 g/mol. The average Bonchev–Trinajstić information content (AvgIpc) is 3.49. The number of furan rings is 1. The van der Waals surface area contributed by atoms with Crippen molar-refractivity contribution in [3.05, 3.63) is 83.3 Å². The van der Waals surface area contributed by atoms with Crippen LogP contribution in [0, 0.1) is 5.82 Å². The molecule has 180 valence electrons. The lowest BCUT2D eigenvalue weighted by Gasteiger charge is -2.23. The zero-order valence-electron chi connectivity index (χ0n) is 19.6. The van der Waals surface area contributed by atoms with Crippen LogP contribution in [0.4, 0.5) is 4.39 Å². The van der Waals surface area contributed by atoms with Crippen LogP contribution in [-0.4, -0.2) is 33.9 Å². The van der Waals surface area contributed by atoms with Gasteiger partial charge in [-0.2, -0.15) is 0 Å². The molecule has 7 heteroatoms. The molecule has 4 rings (SSSR count). The number of aromatic nitrogens is 1. The summed E-state index contributed by atoms with van der Waals surface area (Å²) in [5.41, 5.74) is 1.42. The average molecular weight is 466 g/mol. The first-order valence-electron chi connectivity index (χ1n) is 12.1. The van der Waals surface area contributed by atoms with Crippen molar-refractivity contribution in [2.45, 2.75) is 64.6 Å². The van der Waals surface area contributed by atoms with Gasteiger partial charge in [0, 0.05) is 30.0 Å². The van der Waals surface area contributed by atoms with E-state index in [1.54, 1.807) is 11.0 Å². The zero-order chi connectivity index (χ0) is 23.9. The Morgan fingerprint density at radius 1 is 1.09 bits per heavy atom. The molecule has 0 unspecified atom stereocenters. The molecule has 0 spiro atoms. The van der Waals surface area contributed by atoms with E-state index in [0.717, 1.165) is 37.8 Å². The molecule has 3 aromatic rings. The molecule has 1 aromatic carbocycles. The predicted octanol–water partition coefficient (Wildman–Crippen LogP) is 5.38. The van der Waals surface area contributed by atoms with Crippen molar-refractivity contribution in [3.8, 4) is 0 Å². The van der Waals surface area contributed by atoms with Gasteiger partial charge in [0.25, 0.3) is 11.8 Å². The topological polar surface area (TPSA) is 67.5 Å². The highest BCUT2D eigenvalue weighted by Gasteiger charge is 2.20. The van der Waals surface area contributed by atoms with Crippen LogP contribution in [0.2, 0.25) is 0 Å². The Kier molecular flexibility index (Phi) is 7.83. The highest BCUT2D eigenvalue weighted by atomic mass is 19.1. The number of hydrogen-bond acceptors (Lipinski definition) is 3. The fourth-order valence-electron chi connectivity index (χ4n) is 4.50. The molecule has 0 radical (unpaired) electrons. The highest BCUT2D eigenvalue weighted by molar-refractivity contribution is 5.94. The van der Waals surface area contributed by atoms with E-state index < -0.39 is 0 Å². The molecule has 0 atom stereocenters. The molecular formula is C27H32FN3O3. The minimum atomic E-state index is -0.363. The summed E-state index contributed by atoms with van der Waals surface area (Å²) in [5, 5.41) is 3.08. The molecule has 2 aromatic heterocycles. The first-order chi connectivity index (χ1) is 16.5. The summed E-state index contributed by atoms with van der Waals surface area (Å²) >= 11 is 0. The number of halogens is 1. The number of carbonyl (C=O) groups excluding carboxylic acids is 2. The van der Waals surface area contributed by atoms with Gasteiger partial charge in [-0.25, -0.2) is 4.39 Å². The van der Waals surface area contributed by atoms with Gasteiger partial charge in [-0.15, -0.1) is 0 Å². The number of nitrogens with one attached hydrogen (secondary N) is 1. The van der Waals surface area contributed by atoms with Crippen LogP contribution >= 0.6 is 0 Å². The number of amides is 2. The molecule has 0 saturated heterocycles. The summed E-state index contributed by atoms with van der Waals surface area (Å²) in [6, 6.07) is 13.3. The molecule has 6 nitrogen and oxygen atoms in total. The normalized spacial score (nSPS) is 14.2. The summed E-state index contributed by atoms with van der Waals surface area (Å²) in [6.45, 7) is 3.50. The lowest BCUT2D eigenvalue weighted by Crippen LogP contribution is -2.35. The quantitative estimate of drug-likeness (QED) is 0.461. The van der Waals surface area contributed by atoms with Gasteiger partial charge in [-0.1, -0.05) is 26.2 Å². The van der Waals surface area contributed by atoms with E-state index in [1.807, 2.05) is 35.9 Å². The van der Waals surface area contributed by atoms with Crippen molar-refractivity contribution in [1.29, 1.82) is 0 Å². The molecule has 0 bridgehead atoms. The van der Waals surface area contributed by atoms with Crippen molar-refractivity contribution in [2.75, 3.05) is 6.54 Å². The summed E-state index contributed by atoms with van der Waals surface area (Å²) in [7, 11) is 0. The van der Waals surface area contributed by atoms with Crippen molar-refractivity contribution < 1.29 is 18.4 Å². The van der Waals surface area contributed by atoms with E-state index in [9.17, 15) is 14.0 Å². The third-order valence-corrected chi connectivity index (χ3v) is 6.30. The number of rotatable bonds is 9. The Morgan fingerprint density at radius 2 is 1.85 bits per heavy atom. The minimum absolute atomic E-state index is 0.130. The maximum atomic E-state index is 13.3. The number of nitrogens with zero attached hydrogens (tertiary/aromatic N) is 2. The first kappa shape index (κ1) is 23.8. The molecule has 1 saturated carbocycles. The summed E-state index contributed by atoms with van der Waals surface area (Å²) in [5.74, 6) is 0.350. The Bertz CT molecular complexity index is 1100. The molecule has 2 amide bonds. The Labute approximate surface area is 199 Å². The van der Waals surface area contributed by atoms with Gasteiger partial charge in [0.2, 0.25) is 0 Å². The van der Waals surface area contributed by atoms with Gasteiger partial charge >= 0.3 is 0 Å². The molecular weight excluding hydrogens is 433 g/mol. The molecule has 2 heterocycles. The molecule has 34 heavy (non-hydrogen) atoms. The first-order valence-corrected chi connectivity index (χ1v) is 12.1. The van der Waals surface area contributed by atoms with Crippen LogP contribution in [0.25, 0.3) is 0 Å².